The summed E-state index contributed by atoms with van der Waals surface area (Å²) in [6, 6.07) is 7.21. The number of carbonyl (C=O) groups excluding carboxylic acids is 1. The number of carbonyl (C=O) groups is 1. The minimum atomic E-state index is -0.579. The average molecular weight is 296 g/mol. The lowest BCUT2D eigenvalue weighted by atomic mass is 10.1. The number of amides is 1. The van der Waals surface area contributed by atoms with Crippen LogP contribution in [0.3, 0.4) is 0 Å². The van der Waals surface area contributed by atoms with Crippen molar-refractivity contribution in [2.45, 2.75) is 19.9 Å². The number of aryl methyl sites for hydroxylation is 1. The fourth-order valence-electron chi connectivity index (χ4n) is 2.85. The molecule has 0 aliphatic carbocycles. The van der Waals surface area contributed by atoms with Gasteiger partial charge in [-0.2, -0.15) is 4.39 Å². The maximum absolute atomic E-state index is 13.8. The fraction of sp³-hybridized carbons (Fsp3) is 0.188. The van der Waals surface area contributed by atoms with Gasteiger partial charge in [-0.15, -0.1) is 0 Å². The third-order valence-corrected chi connectivity index (χ3v) is 3.97. The fourth-order valence-corrected chi connectivity index (χ4v) is 2.85. The van der Waals surface area contributed by atoms with Gasteiger partial charge in [0.1, 0.15) is 5.52 Å². The highest BCUT2D eigenvalue weighted by molar-refractivity contribution is 6.01. The first kappa shape index (κ1) is 12.9. The molecule has 1 atom stereocenters. The molecule has 0 radical (unpaired) electrons. The maximum atomic E-state index is 13.8. The highest BCUT2D eigenvalue weighted by Gasteiger charge is 2.28. The highest BCUT2D eigenvalue weighted by Crippen LogP contribution is 2.32. The number of halogens is 1. The summed E-state index contributed by atoms with van der Waals surface area (Å²) in [5.41, 5.74) is 4.33. The number of benzene rings is 1. The molecule has 0 saturated carbocycles. The molecule has 22 heavy (non-hydrogen) atoms. The zero-order valence-electron chi connectivity index (χ0n) is 12.1. The van der Waals surface area contributed by atoms with Gasteiger partial charge in [-0.1, -0.05) is 12.1 Å². The van der Waals surface area contributed by atoms with E-state index in [1.165, 1.54) is 0 Å². The van der Waals surface area contributed by atoms with E-state index in [9.17, 15) is 9.18 Å². The molecule has 2 N–H and O–H groups in total. The van der Waals surface area contributed by atoms with Crippen LogP contribution in [-0.4, -0.2) is 20.9 Å². The lowest BCUT2D eigenvalue weighted by Gasteiger charge is -2.07. The third kappa shape index (κ3) is 1.73. The van der Waals surface area contributed by atoms with Gasteiger partial charge in [0.15, 0.2) is 0 Å². The van der Waals surface area contributed by atoms with E-state index in [1.807, 2.05) is 19.1 Å². The predicted molar refractivity (Wildman–Crippen MR) is 79.9 cm³/mol. The predicted octanol–water partition coefficient (Wildman–Crippen LogP) is 2.88. The number of rotatable bonds is 1. The first-order valence-electron chi connectivity index (χ1n) is 7.01. The van der Waals surface area contributed by atoms with Crippen molar-refractivity contribution in [1.29, 1.82) is 0 Å². The molecule has 0 saturated heterocycles. The van der Waals surface area contributed by atoms with E-state index in [-0.39, 0.29) is 17.6 Å². The Labute approximate surface area is 125 Å². The van der Waals surface area contributed by atoms with Crippen molar-refractivity contribution in [1.82, 2.24) is 20.3 Å². The number of para-hydroxylation sites is 1. The minimum absolute atomic E-state index is 0.0590. The molecule has 5 nitrogen and oxygen atoms in total. The number of fused-ring (bicyclic) bond motifs is 2. The Hall–Kier alpha value is -2.76. The third-order valence-electron chi connectivity index (χ3n) is 3.97. The topological polar surface area (TPSA) is 70.7 Å². The first-order valence-corrected chi connectivity index (χ1v) is 7.01. The molecule has 3 aromatic rings. The molecule has 1 aromatic carbocycles. The molecule has 0 spiro atoms. The summed E-state index contributed by atoms with van der Waals surface area (Å²) in [5, 5.41) is 2.84. The van der Waals surface area contributed by atoms with Crippen molar-refractivity contribution >= 4 is 16.9 Å². The molecule has 4 rings (SSSR count). The molecule has 0 bridgehead atoms. The molecule has 1 aliphatic heterocycles. The van der Waals surface area contributed by atoms with Crippen LogP contribution < -0.4 is 5.32 Å². The van der Waals surface area contributed by atoms with Crippen LogP contribution in [0, 0.1) is 12.9 Å². The summed E-state index contributed by atoms with van der Waals surface area (Å²) in [5.74, 6) is -0.677. The summed E-state index contributed by atoms with van der Waals surface area (Å²) in [7, 11) is 0. The number of nitrogens with zero attached hydrogens (tertiary/aromatic N) is 2. The van der Waals surface area contributed by atoms with E-state index in [2.05, 4.69) is 20.3 Å². The van der Waals surface area contributed by atoms with Crippen LogP contribution >= 0.6 is 0 Å². The lowest BCUT2D eigenvalue weighted by molar-refractivity contribution is 0.0958. The van der Waals surface area contributed by atoms with Crippen molar-refractivity contribution in [3.05, 3.63) is 47.2 Å². The number of H-pyrrole nitrogens is 1. The van der Waals surface area contributed by atoms with Crippen LogP contribution in [0.15, 0.2) is 24.3 Å². The van der Waals surface area contributed by atoms with Crippen LogP contribution in [0.5, 0.6) is 0 Å². The summed E-state index contributed by atoms with van der Waals surface area (Å²) in [4.78, 5) is 23.4. The first-order chi connectivity index (χ1) is 10.5. The summed E-state index contributed by atoms with van der Waals surface area (Å²) in [6.07, 6.45) is 0. The smallest absolute Gasteiger partial charge is 0.253 e. The van der Waals surface area contributed by atoms with Crippen LogP contribution in [0.2, 0.25) is 0 Å². The van der Waals surface area contributed by atoms with Crippen molar-refractivity contribution in [2.24, 2.45) is 0 Å². The zero-order valence-corrected chi connectivity index (χ0v) is 12.1. The van der Waals surface area contributed by atoms with E-state index in [4.69, 9.17) is 0 Å². The Morgan fingerprint density at radius 2 is 2.05 bits per heavy atom. The normalized spacial score (nSPS) is 16.9. The monoisotopic (exact) mass is 296 g/mol. The van der Waals surface area contributed by atoms with E-state index in [0.717, 1.165) is 17.0 Å². The Kier molecular flexibility index (Phi) is 2.57. The van der Waals surface area contributed by atoms with E-state index >= 15 is 0 Å². The molecule has 3 heterocycles. The minimum Gasteiger partial charge on any atom is -0.356 e. The zero-order chi connectivity index (χ0) is 15.4. The van der Waals surface area contributed by atoms with E-state index in [0.29, 0.717) is 16.6 Å². The number of hydrogen-bond acceptors (Lipinski definition) is 3. The molecule has 0 fully saturated rings. The summed E-state index contributed by atoms with van der Waals surface area (Å²) in [6.45, 7) is 3.50. The second-order valence-electron chi connectivity index (χ2n) is 5.48. The molecular formula is C16H13FN4O. The van der Waals surface area contributed by atoms with Gasteiger partial charge in [0, 0.05) is 11.3 Å². The van der Waals surface area contributed by atoms with E-state index in [1.54, 1.807) is 19.1 Å². The second kappa shape index (κ2) is 4.37. The molecule has 0 unspecified atom stereocenters. The van der Waals surface area contributed by atoms with Crippen molar-refractivity contribution < 1.29 is 9.18 Å². The SMILES string of the molecule is Cc1nc2cccc(-c3cc4c([nH]3)[C@@H](C)NC4=O)c2nc1F. The molecule has 110 valence electrons. The highest BCUT2D eigenvalue weighted by atomic mass is 19.1. The largest absolute Gasteiger partial charge is 0.356 e. The Morgan fingerprint density at radius 3 is 2.82 bits per heavy atom. The van der Waals surface area contributed by atoms with Gasteiger partial charge in [-0.05, 0) is 26.0 Å². The van der Waals surface area contributed by atoms with Crippen LogP contribution in [-0.2, 0) is 0 Å². The Morgan fingerprint density at radius 1 is 1.23 bits per heavy atom. The number of hydrogen-bond donors (Lipinski definition) is 2. The Balaban J connectivity index is 1.96. The molecule has 6 heteroatoms. The quantitative estimate of drug-likeness (QED) is 0.725. The van der Waals surface area contributed by atoms with Crippen LogP contribution in [0.4, 0.5) is 4.39 Å². The maximum Gasteiger partial charge on any atom is 0.253 e. The molecular weight excluding hydrogens is 283 g/mol. The molecule has 1 amide bonds. The van der Waals surface area contributed by atoms with Gasteiger partial charge in [0.25, 0.3) is 5.91 Å². The van der Waals surface area contributed by atoms with Gasteiger partial charge in [-0.25, -0.2) is 9.97 Å². The number of nitrogens with one attached hydrogen (secondary N) is 2. The van der Waals surface area contributed by atoms with Crippen LogP contribution in [0.1, 0.15) is 34.7 Å². The average Bonchev–Trinajstić information content (AvgIpc) is 3.02. The molecule has 1 aliphatic rings. The standard InChI is InChI=1S/C16H13FN4O/c1-7-13-10(16(22)19-7)6-12(20-13)9-4-3-5-11-14(9)21-15(17)8(2)18-11/h3-7,20H,1-2H3,(H,19,22)/t7-/m1/s1. The van der Waals surface area contributed by atoms with Gasteiger partial charge < -0.3 is 10.3 Å². The number of aromatic nitrogens is 3. The van der Waals surface area contributed by atoms with Gasteiger partial charge >= 0.3 is 0 Å². The van der Waals surface area contributed by atoms with Gasteiger partial charge in [0.05, 0.1) is 28.5 Å². The molecule has 2 aromatic heterocycles. The van der Waals surface area contributed by atoms with Gasteiger partial charge in [0.2, 0.25) is 5.95 Å². The second-order valence-corrected chi connectivity index (χ2v) is 5.48. The summed E-state index contributed by atoms with van der Waals surface area (Å²) < 4.78 is 13.8. The van der Waals surface area contributed by atoms with Gasteiger partial charge in [-0.3, -0.25) is 4.79 Å². The summed E-state index contributed by atoms with van der Waals surface area (Å²) >= 11 is 0. The van der Waals surface area contributed by atoms with Crippen molar-refractivity contribution in [2.75, 3.05) is 0 Å². The van der Waals surface area contributed by atoms with E-state index < -0.39 is 5.95 Å². The number of aromatic amines is 1. The van der Waals surface area contributed by atoms with Crippen molar-refractivity contribution in [3.63, 3.8) is 0 Å². The van der Waals surface area contributed by atoms with Crippen LogP contribution in [0.25, 0.3) is 22.3 Å². The Bertz CT molecular complexity index is 931. The van der Waals surface area contributed by atoms with Crippen molar-refractivity contribution in [3.8, 4) is 11.3 Å². The lowest BCUT2D eigenvalue weighted by Crippen LogP contribution is -2.17.